The molecule has 0 amide bonds. The van der Waals surface area contributed by atoms with Crippen LogP contribution < -0.4 is 4.74 Å². The molecule has 3 N–H and O–H groups in total. The minimum atomic E-state index is -4.64. The molecular weight excluding hydrogens is 294 g/mol. The van der Waals surface area contributed by atoms with Crippen molar-refractivity contribution in [3.8, 4) is 11.5 Å². The van der Waals surface area contributed by atoms with E-state index in [0.29, 0.717) is 0 Å². The summed E-state index contributed by atoms with van der Waals surface area (Å²) in [4.78, 5) is 21.6. The minimum absolute atomic E-state index is 0. The summed E-state index contributed by atoms with van der Waals surface area (Å²) in [5.41, 5.74) is 0. The molecule has 0 aromatic heterocycles. The van der Waals surface area contributed by atoms with Crippen LogP contribution in [0.4, 0.5) is 0 Å². The molecule has 0 atom stereocenters. The number of hydrogen-bond acceptors (Lipinski definition) is 2. The zero-order valence-electron chi connectivity index (χ0n) is 9.38. The van der Waals surface area contributed by atoms with Crippen LogP contribution in [0.2, 0.25) is 0 Å². The molecule has 98 valence electrons. The van der Waals surface area contributed by atoms with Gasteiger partial charge >= 0.3 is 59.2 Å². The van der Waals surface area contributed by atoms with Gasteiger partial charge in [0.15, 0.2) is 0 Å². The Morgan fingerprint density at radius 2 is 1.00 bits per heavy atom. The molecule has 0 spiro atoms. The second kappa shape index (κ2) is 9.82. The molecule has 0 radical (unpaired) electrons. The van der Waals surface area contributed by atoms with Crippen molar-refractivity contribution >= 4 is 59.2 Å². The Bertz CT molecular complexity index is 454. The van der Waals surface area contributed by atoms with Crippen LogP contribution in [0.15, 0.2) is 60.7 Å². The quantitative estimate of drug-likeness (QED) is 0.582. The molecule has 0 fully saturated rings. The van der Waals surface area contributed by atoms with E-state index < -0.39 is 7.82 Å². The maximum Gasteiger partial charge on any atom is 0.127 e. The third-order valence-electron chi connectivity index (χ3n) is 1.72. The summed E-state index contributed by atoms with van der Waals surface area (Å²) in [6, 6.07) is 19.5. The predicted molar refractivity (Wildman–Crippen MR) is 74.4 cm³/mol. The summed E-state index contributed by atoms with van der Waals surface area (Å²) in [5, 5.41) is 0. The number of hydrogen-bond donors (Lipinski definition) is 3. The first-order chi connectivity index (χ1) is 8.45. The van der Waals surface area contributed by atoms with Gasteiger partial charge in [-0.05, 0) is 24.3 Å². The Balaban J connectivity index is 0.000000471. The van der Waals surface area contributed by atoms with E-state index in [1.54, 1.807) is 0 Å². The smallest absolute Gasteiger partial charge is 0.127 e. The van der Waals surface area contributed by atoms with E-state index in [2.05, 4.69) is 0 Å². The van der Waals surface area contributed by atoms with Crippen molar-refractivity contribution < 1.29 is 24.0 Å². The van der Waals surface area contributed by atoms with Gasteiger partial charge in [0.05, 0.1) is 0 Å². The molecule has 0 unspecified atom stereocenters. The Kier molecular flexibility index (Phi) is 9.82. The molecule has 0 aliphatic rings. The van der Waals surface area contributed by atoms with Gasteiger partial charge in [0.1, 0.15) is 11.5 Å². The topological polar surface area (TPSA) is 87.0 Å². The second-order valence-electron chi connectivity index (χ2n) is 3.24. The van der Waals surface area contributed by atoms with E-state index in [1.165, 1.54) is 0 Å². The van der Waals surface area contributed by atoms with Crippen molar-refractivity contribution in [2.45, 2.75) is 0 Å². The Labute approximate surface area is 153 Å². The molecule has 2 aromatic rings. The number of rotatable bonds is 2. The van der Waals surface area contributed by atoms with E-state index in [9.17, 15) is 0 Å². The van der Waals surface area contributed by atoms with Crippen LogP contribution in [0, 0.1) is 0 Å². The van der Waals surface area contributed by atoms with Crippen LogP contribution in [0.3, 0.4) is 0 Å². The molecule has 19 heavy (non-hydrogen) atoms. The summed E-state index contributed by atoms with van der Waals surface area (Å²) >= 11 is 0. The van der Waals surface area contributed by atoms with E-state index in [1.807, 2.05) is 60.7 Å². The number of benzene rings is 2. The molecule has 0 saturated heterocycles. The van der Waals surface area contributed by atoms with Crippen LogP contribution >= 0.6 is 7.82 Å². The van der Waals surface area contributed by atoms with Crippen LogP contribution in [0.5, 0.6) is 11.5 Å². The molecule has 2 rings (SSSR count). The average molecular weight is 308 g/mol. The number of ether oxygens (including phenoxy) is 1. The monoisotopic (exact) mass is 308 g/mol. The van der Waals surface area contributed by atoms with Crippen molar-refractivity contribution in [1.82, 2.24) is 0 Å². The SMILES string of the molecule is O=P(O)(O)O.[KH].c1ccc(Oc2ccccc2)cc1. The van der Waals surface area contributed by atoms with E-state index >= 15 is 0 Å². The largest absolute Gasteiger partial charge is 0.457 e. The van der Waals surface area contributed by atoms with Crippen molar-refractivity contribution in [3.63, 3.8) is 0 Å². The molecule has 7 heteroatoms. The maximum atomic E-state index is 8.88. The van der Waals surface area contributed by atoms with Gasteiger partial charge in [0.25, 0.3) is 0 Å². The third-order valence-corrected chi connectivity index (χ3v) is 1.72. The van der Waals surface area contributed by atoms with Gasteiger partial charge < -0.3 is 19.4 Å². The van der Waals surface area contributed by atoms with Gasteiger partial charge in [-0.1, -0.05) is 36.4 Å². The fraction of sp³-hybridized carbons (Fsp3) is 0. The minimum Gasteiger partial charge on any atom is -0.457 e. The van der Waals surface area contributed by atoms with Crippen LogP contribution in [-0.2, 0) is 4.57 Å². The molecule has 0 heterocycles. The van der Waals surface area contributed by atoms with Gasteiger partial charge in [0, 0.05) is 0 Å². The summed E-state index contributed by atoms with van der Waals surface area (Å²) < 4.78 is 14.5. The Morgan fingerprint density at radius 3 is 1.26 bits per heavy atom. The van der Waals surface area contributed by atoms with E-state index in [4.69, 9.17) is 24.0 Å². The zero-order chi connectivity index (χ0) is 13.4. The van der Waals surface area contributed by atoms with Gasteiger partial charge in [-0.3, -0.25) is 0 Å². The van der Waals surface area contributed by atoms with Crippen molar-refractivity contribution in [1.29, 1.82) is 0 Å². The first-order valence-corrected chi connectivity index (χ1v) is 6.58. The fourth-order valence-electron chi connectivity index (χ4n) is 1.11. The predicted octanol–water partition coefficient (Wildman–Crippen LogP) is 1.90. The second-order valence-corrected chi connectivity index (χ2v) is 4.27. The van der Waals surface area contributed by atoms with Gasteiger partial charge in [0.2, 0.25) is 0 Å². The van der Waals surface area contributed by atoms with Crippen LogP contribution in [0.1, 0.15) is 0 Å². The first-order valence-electron chi connectivity index (χ1n) is 5.01. The standard InChI is InChI=1S/C12H10O.K.H3O4P.H/c1-3-7-11(8-4-1)13-12-9-5-2-6-10-12;;1-5(2,3)4;/h1-10H;;(H3,1,2,3,4);. The molecule has 0 aliphatic heterocycles. The van der Waals surface area contributed by atoms with Crippen LogP contribution in [0.25, 0.3) is 0 Å². The van der Waals surface area contributed by atoms with Crippen LogP contribution in [-0.4, -0.2) is 66.1 Å². The van der Waals surface area contributed by atoms with Crippen molar-refractivity contribution in [2.75, 3.05) is 0 Å². The van der Waals surface area contributed by atoms with Crippen molar-refractivity contribution in [3.05, 3.63) is 60.7 Å². The maximum absolute atomic E-state index is 8.88. The van der Waals surface area contributed by atoms with E-state index in [0.717, 1.165) is 11.5 Å². The molecule has 5 nitrogen and oxygen atoms in total. The van der Waals surface area contributed by atoms with Gasteiger partial charge in [-0.25, -0.2) is 4.57 Å². The molecule has 0 saturated carbocycles. The summed E-state index contributed by atoms with van der Waals surface area (Å²) in [7, 11) is -4.64. The van der Waals surface area contributed by atoms with Gasteiger partial charge in [-0.2, -0.15) is 0 Å². The number of phosphoric acid groups is 1. The third kappa shape index (κ3) is 11.5. The van der Waals surface area contributed by atoms with E-state index in [-0.39, 0.29) is 51.4 Å². The molecule has 0 aliphatic carbocycles. The zero-order valence-corrected chi connectivity index (χ0v) is 10.3. The van der Waals surface area contributed by atoms with Crippen molar-refractivity contribution in [2.24, 2.45) is 0 Å². The average Bonchev–Trinajstić information content (AvgIpc) is 2.29. The summed E-state index contributed by atoms with van der Waals surface area (Å²) in [6.07, 6.45) is 0. The Hall–Kier alpha value is -0.0136. The molecular formula is C12H14KO5P. The normalized spacial score (nSPS) is 9.63. The Morgan fingerprint density at radius 1 is 0.737 bits per heavy atom. The fourth-order valence-corrected chi connectivity index (χ4v) is 1.11. The molecule has 0 bridgehead atoms. The summed E-state index contributed by atoms with van der Waals surface area (Å²) in [6.45, 7) is 0. The first kappa shape index (κ1) is 19.0. The summed E-state index contributed by atoms with van der Waals surface area (Å²) in [5.74, 6) is 1.74. The molecule has 2 aromatic carbocycles. The number of para-hydroxylation sites is 2. The van der Waals surface area contributed by atoms with Gasteiger partial charge in [-0.15, -0.1) is 0 Å².